The molecule has 0 aliphatic rings. The highest BCUT2D eigenvalue weighted by molar-refractivity contribution is 5.78. The molecule has 1 aromatic carbocycles. The van der Waals surface area contributed by atoms with Gasteiger partial charge in [0.1, 0.15) is 0 Å². The first-order valence-electron chi connectivity index (χ1n) is 5.84. The molecule has 0 saturated carbocycles. The minimum absolute atomic E-state index is 0.116. The Balaban J connectivity index is 0.000000356. The van der Waals surface area contributed by atoms with Crippen molar-refractivity contribution < 1.29 is 19.1 Å². The number of nitrogens with one attached hydrogen (secondary N) is 1. The number of amides is 1. The number of carbonyl (C=O) groups excluding carboxylic acids is 2. The molecule has 1 amide bonds. The van der Waals surface area contributed by atoms with E-state index in [-0.39, 0.29) is 6.61 Å². The van der Waals surface area contributed by atoms with E-state index in [1.165, 1.54) is 25.3 Å². The van der Waals surface area contributed by atoms with Gasteiger partial charge in [-0.2, -0.15) is 0 Å². The molecular weight excluding hydrogens is 246 g/mol. The Hall–Kier alpha value is -1.88. The van der Waals surface area contributed by atoms with Crippen molar-refractivity contribution in [2.75, 3.05) is 20.8 Å². The third kappa shape index (κ3) is 7.94. The first-order chi connectivity index (χ1) is 9.04. The standard InChI is InChI=1S/C8H10.C6H11NO4/c1-7-4-3-5-8(2)6-7;1-10-3-5(7-4-8)6(9)11-2/h3-6H,1-2H3;4-5H,3H2,1-2H3,(H,7,8)/t;5-/m.0/s1. The predicted molar refractivity (Wildman–Crippen MR) is 72.8 cm³/mol. The molecule has 19 heavy (non-hydrogen) atoms. The van der Waals surface area contributed by atoms with Crippen molar-refractivity contribution in [1.29, 1.82) is 0 Å². The zero-order chi connectivity index (χ0) is 14.7. The maximum absolute atomic E-state index is 10.8. The van der Waals surface area contributed by atoms with E-state index in [1.54, 1.807) is 0 Å². The molecule has 0 aromatic heterocycles. The van der Waals surface area contributed by atoms with Crippen molar-refractivity contribution in [1.82, 2.24) is 5.32 Å². The number of hydrogen-bond donors (Lipinski definition) is 1. The summed E-state index contributed by atoms with van der Waals surface area (Å²) in [4.78, 5) is 20.7. The van der Waals surface area contributed by atoms with Gasteiger partial charge in [0.25, 0.3) is 0 Å². The van der Waals surface area contributed by atoms with Crippen LogP contribution < -0.4 is 5.32 Å². The van der Waals surface area contributed by atoms with Gasteiger partial charge in [0.2, 0.25) is 6.41 Å². The predicted octanol–water partition coefficient (Wildman–Crippen LogP) is 1.22. The van der Waals surface area contributed by atoms with Crippen LogP contribution in [-0.2, 0) is 19.1 Å². The Kier molecular flexibility index (Phi) is 9.08. The number of methoxy groups -OCH3 is 2. The number of aryl methyl sites for hydroxylation is 2. The van der Waals surface area contributed by atoms with E-state index in [0.717, 1.165) is 0 Å². The van der Waals surface area contributed by atoms with E-state index < -0.39 is 12.0 Å². The van der Waals surface area contributed by atoms with Gasteiger partial charge >= 0.3 is 5.97 Å². The summed E-state index contributed by atoms with van der Waals surface area (Å²) >= 11 is 0. The third-order valence-electron chi connectivity index (χ3n) is 2.26. The van der Waals surface area contributed by atoms with Crippen LogP contribution in [0.4, 0.5) is 0 Å². The van der Waals surface area contributed by atoms with E-state index in [1.807, 2.05) is 0 Å². The van der Waals surface area contributed by atoms with Crippen LogP contribution in [0.3, 0.4) is 0 Å². The topological polar surface area (TPSA) is 64.6 Å². The van der Waals surface area contributed by atoms with Gasteiger partial charge in [-0.3, -0.25) is 4.79 Å². The Morgan fingerprint density at radius 3 is 2.21 bits per heavy atom. The normalized spacial score (nSPS) is 10.7. The molecular formula is C14H21NO4. The van der Waals surface area contributed by atoms with Crippen molar-refractivity contribution in [3.05, 3.63) is 35.4 Å². The fraction of sp³-hybridized carbons (Fsp3) is 0.429. The number of ether oxygens (including phenoxy) is 2. The number of hydrogen-bond acceptors (Lipinski definition) is 4. The molecule has 106 valence electrons. The maximum atomic E-state index is 10.8. The summed E-state index contributed by atoms with van der Waals surface area (Å²) in [7, 11) is 2.68. The summed E-state index contributed by atoms with van der Waals surface area (Å²) < 4.78 is 9.03. The molecule has 1 N–H and O–H groups in total. The van der Waals surface area contributed by atoms with Crippen LogP contribution in [-0.4, -0.2) is 39.2 Å². The first-order valence-corrected chi connectivity index (χ1v) is 5.84. The summed E-state index contributed by atoms with van der Waals surface area (Å²) in [5, 5.41) is 2.25. The van der Waals surface area contributed by atoms with Gasteiger partial charge in [-0.1, -0.05) is 35.4 Å². The fourth-order valence-corrected chi connectivity index (χ4v) is 1.38. The Morgan fingerprint density at radius 1 is 1.32 bits per heavy atom. The van der Waals surface area contributed by atoms with Crippen LogP contribution in [0.15, 0.2) is 24.3 Å². The summed E-state index contributed by atoms with van der Waals surface area (Å²) in [6, 6.07) is 7.74. The van der Waals surface area contributed by atoms with Gasteiger partial charge in [-0.15, -0.1) is 0 Å². The highest BCUT2D eigenvalue weighted by Gasteiger charge is 2.16. The quantitative estimate of drug-likeness (QED) is 0.643. The van der Waals surface area contributed by atoms with Gasteiger partial charge in [-0.05, 0) is 13.8 Å². The molecule has 5 heteroatoms. The van der Waals surface area contributed by atoms with Crippen molar-refractivity contribution >= 4 is 12.4 Å². The van der Waals surface area contributed by atoms with Crippen LogP contribution in [0.1, 0.15) is 11.1 Å². The molecule has 0 spiro atoms. The van der Waals surface area contributed by atoms with Gasteiger partial charge in [0.05, 0.1) is 13.7 Å². The zero-order valence-corrected chi connectivity index (χ0v) is 11.8. The minimum atomic E-state index is -0.706. The molecule has 0 aliphatic carbocycles. The lowest BCUT2D eigenvalue weighted by molar-refractivity contribution is -0.145. The SMILES string of the molecule is COC[C@H](NC=O)C(=O)OC.Cc1cccc(C)c1. The van der Waals surface area contributed by atoms with Gasteiger partial charge in [0.15, 0.2) is 6.04 Å². The van der Waals surface area contributed by atoms with Crippen molar-refractivity contribution in [3.8, 4) is 0 Å². The lowest BCUT2D eigenvalue weighted by Gasteiger charge is -2.11. The van der Waals surface area contributed by atoms with Gasteiger partial charge in [0, 0.05) is 7.11 Å². The number of benzene rings is 1. The molecule has 0 fully saturated rings. The molecule has 5 nitrogen and oxygen atoms in total. The van der Waals surface area contributed by atoms with E-state index in [9.17, 15) is 9.59 Å². The van der Waals surface area contributed by atoms with Crippen LogP contribution in [0.25, 0.3) is 0 Å². The van der Waals surface area contributed by atoms with E-state index in [0.29, 0.717) is 6.41 Å². The molecule has 1 rings (SSSR count). The molecule has 1 aromatic rings. The van der Waals surface area contributed by atoms with Crippen LogP contribution in [0.2, 0.25) is 0 Å². The van der Waals surface area contributed by atoms with Crippen molar-refractivity contribution in [3.63, 3.8) is 0 Å². The molecule has 0 radical (unpaired) electrons. The molecule has 0 saturated heterocycles. The van der Waals surface area contributed by atoms with Gasteiger partial charge < -0.3 is 14.8 Å². The zero-order valence-electron chi connectivity index (χ0n) is 11.8. The van der Waals surface area contributed by atoms with Crippen LogP contribution in [0.5, 0.6) is 0 Å². The average Bonchev–Trinajstić information content (AvgIpc) is 2.38. The lowest BCUT2D eigenvalue weighted by Crippen LogP contribution is -2.40. The van der Waals surface area contributed by atoms with Crippen molar-refractivity contribution in [2.45, 2.75) is 19.9 Å². The van der Waals surface area contributed by atoms with Crippen LogP contribution in [0, 0.1) is 13.8 Å². The number of carbonyl (C=O) groups is 2. The maximum Gasteiger partial charge on any atom is 0.330 e. The number of rotatable bonds is 5. The molecule has 0 aliphatic heterocycles. The highest BCUT2D eigenvalue weighted by atomic mass is 16.5. The van der Waals surface area contributed by atoms with E-state index in [4.69, 9.17) is 0 Å². The summed E-state index contributed by atoms with van der Waals surface area (Å²) in [5.74, 6) is -0.515. The first kappa shape index (κ1) is 17.1. The van der Waals surface area contributed by atoms with E-state index in [2.05, 4.69) is 52.9 Å². The number of esters is 1. The van der Waals surface area contributed by atoms with E-state index >= 15 is 0 Å². The lowest BCUT2D eigenvalue weighted by atomic mass is 10.2. The Morgan fingerprint density at radius 2 is 1.89 bits per heavy atom. The third-order valence-corrected chi connectivity index (χ3v) is 2.26. The highest BCUT2D eigenvalue weighted by Crippen LogP contribution is 2.00. The smallest absolute Gasteiger partial charge is 0.330 e. The van der Waals surface area contributed by atoms with Crippen molar-refractivity contribution in [2.24, 2.45) is 0 Å². The Bertz CT molecular complexity index is 376. The Labute approximate surface area is 113 Å². The molecule has 0 unspecified atom stereocenters. The summed E-state index contributed by atoms with van der Waals surface area (Å²) in [6.07, 6.45) is 0.431. The van der Waals surface area contributed by atoms with Crippen LogP contribution >= 0.6 is 0 Å². The largest absolute Gasteiger partial charge is 0.467 e. The second-order valence-corrected chi connectivity index (χ2v) is 3.97. The van der Waals surface area contributed by atoms with Gasteiger partial charge in [-0.25, -0.2) is 4.79 Å². The monoisotopic (exact) mass is 267 g/mol. The summed E-state index contributed by atoms with van der Waals surface area (Å²) in [5.41, 5.74) is 2.68. The average molecular weight is 267 g/mol. The molecule has 0 heterocycles. The molecule has 1 atom stereocenters. The fourth-order valence-electron chi connectivity index (χ4n) is 1.38. The second kappa shape index (κ2) is 10.1. The molecule has 0 bridgehead atoms. The summed E-state index contributed by atoms with van der Waals surface area (Å²) in [6.45, 7) is 4.32. The second-order valence-electron chi connectivity index (χ2n) is 3.97. The minimum Gasteiger partial charge on any atom is -0.467 e.